The number of hydrogen-bond acceptors (Lipinski definition) is 3. The van der Waals surface area contributed by atoms with E-state index in [0.29, 0.717) is 5.56 Å². The van der Waals surface area contributed by atoms with Gasteiger partial charge in [-0.1, -0.05) is 48.5 Å². The van der Waals surface area contributed by atoms with E-state index in [1.807, 2.05) is 0 Å². The molecule has 23 heavy (non-hydrogen) atoms. The number of halogens is 3. The molecule has 1 amide bonds. The number of anilines is 1. The third-order valence-electron chi connectivity index (χ3n) is 3.42. The highest BCUT2D eigenvalue weighted by molar-refractivity contribution is 6.29. The fraction of sp³-hybridized carbons (Fsp3) is 0.125. The molecule has 3 rings (SSSR count). The molecule has 1 unspecified atom stereocenters. The predicted molar refractivity (Wildman–Crippen MR) is 77.9 cm³/mol. The van der Waals surface area contributed by atoms with Crippen LogP contribution in [0.2, 0.25) is 0 Å². The first-order valence-corrected chi connectivity index (χ1v) is 6.68. The summed E-state index contributed by atoms with van der Waals surface area (Å²) in [5.41, 5.74) is -3.29. The predicted octanol–water partition coefficient (Wildman–Crippen LogP) is 2.73. The lowest BCUT2D eigenvalue weighted by atomic mass is 10.1. The maximum absolute atomic E-state index is 13.2. The molecule has 1 aliphatic rings. The van der Waals surface area contributed by atoms with Crippen molar-refractivity contribution in [2.45, 2.75) is 11.9 Å². The quantitative estimate of drug-likeness (QED) is 0.925. The highest BCUT2D eigenvalue weighted by Crippen LogP contribution is 2.39. The van der Waals surface area contributed by atoms with E-state index >= 15 is 0 Å². The Bertz CT molecular complexity index is 760. The van der Waals surface area contributed by atoms with Gasteiger partial charge in [0.2, 0.25) is 0 Å². The Balaban J connectivity index is 2.19. The smallest absolute Gasteiger partial charge is 0.355 e. The van der Waals surface area contributed by atoms with Crippen molar-refractivity contribution in [2.75, 3.05) is 4.90 Å². The van der Waals surface area contributed by atoms with Crippen molar-refractivity contribution < 1.29 is 23.1 Å². The van der Waals surface area contributed by atoms with E-state index in [1.54, 1.807) is 36.4 Å². The molecular weight excluding hydrogens is 309 g/mol. The van der Waals surface area contributed by atoms with Crippen molar-refractivity contribution in [1.82, 2.24) is 0 Å². The molecule has 118 valence electrons. The summed E-state index contributed by atoms with van der Waals surface area (Å²) >= 11 is 0. The minimum absolute atomic E-state index is 0.195. The summed E-state index contributed by atoms with van der Waals surface area (Å²) in [5, 5.41) is 9.86. The highest BCUT2D eigenvalue weighted by Gasteiger charge is 2.65. The monoisotopic (exact) mass is 320 g/mol. The molecule has 0 spiro atoms. The molecule has 0 fully saturated rings. The Morgan fingerprint density at radius 2 is 1.48 bits per heavy atom. The molecule has 1 aliphatic heterocycles. The van der Waals surface area contributed by atoms with Gasteiger partial charge in [0.05, 0.1) is 5.69 Å². The molecule has 0 aromatic heterocycles. The number of aliphatic hydroxyl groups is 1. The van der Waals surface area contributed by atoms with E-state index < -0.39 is 17.8 Å². The first kappa shape index (κ1) is 15.2. The SMILES string of the molecule is O=C1N(c2ccccc2)C(c2ccccc2)=NC1(O)C(F)(F)F. The highest BCUT2D eigenvalue weighted by atomic mass is 19.4. The van der Waals surface area contributed by atoms with Crippen LogP contribution in [0.1, 0.15) is 5.56 Å². The standard InChI is InChI=1S/C16H11F3N2O2/c17-16(18,19)15(23)14(22)21(12-9-5-2-6-10-12)13(20-15)11-7-3-1-4-8-11/h1-10,23H. The van der Waals surface area contributed by atoms with Crippen LogP contribution in [0.3, 0.4) is 0 Å². The van der Waals surface area contributed by atoms with Crippen molar-refractivity contribution in [3.63, 3.8) is 0 Å². The summed E-state index contributed by atoms with van der Waals surface area (Å²) in [6.45, 7) is 0. The van der Waals surface area contributed by atoms with Gasteiger partial charge in [0.25, 0.3) is 5.91 Å². The number of amidine groups is 1. The number of alkyl halides is 3. The third-order valence-corrected chi connectivity index (χ3v) is 3.42. The van der Waals surface area contributed by atoms with Crippen LogP contribution in [-0.4, -0.2) is 28.8 Å². The largest absolute Gasteiger partial charge is 0.448 e. The summed E-state index contributed by atoms with van der Waals surface area (Å²) in [4.78, 5) is 16.4. The van der Waals surface area contributed by atoms with Crippen molar-refractivity contribution in [3.8, 4) is 0 Å². The minimum Gasteiger partial charge on any atom is -0.355 e. The van der Waals surface area contributed by atoms with Crippen LogP contribution in [0.5, 0.6) is 0 Å². The minimum atomic E-state index is -5.21. The van der Waals surface area contributed by atoms with E-state index in [9.17, 15) is 23.1 Å². The van der Waals surface area contributed by atoms with Crippen LogP contribution in [0.4, 0.5) is 18.9 Å². The van der Waals surface area contributed by atoms with Gasteiger partial charge in [0.15, 0.2) is 0 Å². The fourth-order valence-corrected chi connectivity index (χ4v) is 2.29. The summed E-state index contributed by atoms with van der Waals surface area (Å²) in [6.07, 6.45) is -5.21. The number of carbonyl (C=O) groups excluding carboxylic acids is 1. The van der Waals surface area contributed by atoms with Gasteiger partial charge in [-0.2, -0.15) is 13.2 Å². The molecule has 0 aliphatic carbocycles. The van der Waals surface area contributed by atoms with E-state index in [2.05, 4.69) is 4.99 Å². The molecule has 4 nitrogen and oxygen atoms in total. The zero-order chi connectivity index (χ0) is 16.7. The number of aliphatic imine (C=N–C) groups is 1. The maximum Gasteiger partial charge on any atom is 0.448 e. The van der Waals surface area contributed by atoms with Crippen molar-refractivity contribution in [2.24, 2.45) is 4.99 Å². The van der Waals surface area contributed by atoms with E-state index in [4.69, 9.17) is 0 Å². The Hall–Kier alpha value is -2.67. The maximum atomic E-state index is 13.2. The molecule has 7 heteroatoms. The second kappa shape index (κ2) is 5.20. The van der Waals surface area contributed by atoms with Crippen LogP contribution in [0.25, 0.3) is 0 Å². The molecule has 1 heterocycles. The van der Waals surface area contributed by atoms with Crippen LogP contribution < -0.4 is 4.90 Å². The van der Waals surface area contributed by atoms with Gasteiger partial charge in [-0.3, -0.25) is 9.69 Å². The zero-order valence-corrected chi connectivity index (χ0v) is 11.7. The lowest BCUT2D eigenvalue weighted by Gasteiger charge is -2.23. The number of amides is 1. The Morgan fingerprint density at radius 3 is 2.00 bits per heavy atom. The number of carbonyl (C=O) groups is 1. The summed E-state index contributed by atoms with van der Waals surface area (Å²) in [5.74, 6) is -1.79. The van der Waals surface area contributed by atoms with Crippen LogP contribution >= 0.6 is 0 Å². The number of nitrogens with zero attached hydrogens (tertiary/aromatic N) is 2. The lowest BCUT2D eigenvalue weighted by Crippen LogP contribution is -2.52. The summed E-state index contributed by atoms with van der Waals surface area (Å²) < 4.78 is 39.5. The average Bonchev–Trinajstić information content (AvgIpc) is 2.82. The number of para-hydroxylation sites is 1. The molecule has 0 radical (unpaired) electrons. The molecule has 0 saturated carbocycles. The van der Waals surface area contributed by atoms with Gasteiger partial charge in [0, 0.05) is 5.56 Å². The Labute approximate surface area is 129 Å². The first-order valence-electron chi connectivity index (χ1n) is 6.68. The van der Waals surface area contributed by atoms with E-state index in [0.717, 1.165) is 4.90 Å². The van der Waals surface area contributed by atoms with Crippen molar-refractivity contribution >= 4 is 17.4 Å². The number of hydrogen-bond donors (Lipinski definition) is 1. The number of benzene rings is 2. The second-order valence-corrected chi connectivity index (χ2v) is 4.95. The molecular formula is C16H11F3N2O2. The number of rotatable bonds is 2. The topological polar surface area (TPSA) is 52.9 Å². The van der Waals surface area contributed by atoms with E-state index in [1.165, 1.54) is 24.3 Å². The molecule has 1 atom stereocenters. The molecule has 2 aromatic rings. The first-order chi connectivity index (χ1) is 10.8. The third kappa shape index (κ3) is 2.39. The van der Waals surface area contributed by atoms with Gasteiger partial charge in [-0.05, 0) is 12.1 Å². The van der Waals surface area contributed by atoms with E-state index in [-0.39, 0.29) is 11.5 Å². The summed E-state index contributed by atoms with van der Waals surface area (Å²) in [6, 6.07) is 15.7. The fourth-order valence-electron chi connectivity index (χ4n) is 2.29. The lowest BCUT2D eigenvalue weighted by molar-refractivity contribution is -0.244. The van der Waals surface area contributed by atoms with Gasteiger partial charge in [0.1, 0.15) is 5.84 Å². The Morgan fingerprint density at radius 1 is 0.957 bits per heavy atom. The van der Waals surface area contributed by atoms with Gasteiger partial charge >= 0.3 is 11.9 Å². The molecule has 1 N–H and O–H groups in total. The van der Waals surface area contributed by atoms with Crippen molar-refractivity contribution in [3.05, 3.63) is 66.2 Å². The van der Waals surface area contributed by atoms with Crippen LogP contribution in [0, 0.1) is 0 Å². The second-order valence-electron chi connectivity index (χ2n) is 4.95. The van der Waals surface area contributed by atoms with Gasteiger partial charge in [-0.25, -0.2) is 4.99 Å². The average molecular weight is 320 g/mol. The Kier molecular flexibility index (Phi) is 3.45. The van der Waals surface area contributed by atoms with Gasteiger partial charge in [-0.15, -0.1) is 0 Å². The van der Waals surface area contributed by atoms with Gasteiger partial charge < -0.3 is 5.11 Å². The summed E-state index contributed by atoms with van der Waals surface area (Å²) in [7, 11) is 0. The molecule has 2 aromatic carbocycles. The zero-order valence-electron chi connectivity index (χ0n) is 11.7. The van der Waals surface area contributed by atoms with Crippen LogP contribution in [0.15, 0.2) is 65.7 Å². The molecule has 0 bridgehead atoms. The van der Waals surface area contributed by atoms with Crippen molar-refractivity contribution in [1.29, 1.82) is 0 Å². The normalized spacial score (nSPS) is 21.5. The molecule has 0 saturated heterocycles. The van der Waals surface area contributed by atoms with Crippen LogP contribution in [-0.2, 0) is 4.79 Å².